The lowest BCUT2D eigenvalue weighted by Gasteiger charge is -2.29. The Morgan fingerprint density at radius 3 is 2.33 bits per heavy atom. The van der Waals surface area contributed by atoms with Crippen molar-refractivity contribution in [3.05, 3.63) is 101 Å². The Bertz CT molecular complexity index is 1300. The van der Waals surface area contributed by atoms with Crippen LogP contribution in [-0.2, 0) is 13.0 Å². The molecule has 1 aromatic heterocycles. The topological polar surface area (TPSA) is 60.2 Å². The third-order valence-electron chi connectivity index (χ3n) is 6.73. The number of hydrogen-bond acceptors (Lipinski definition) is 5. The summed E-state index contributed by atoms with van der Waals surface area (Å²) in [6.45, 7) is 4.83. The molecule has 2 heterocycles. The van der Waals surface area contributed by atoms with Crippen molar-refractivity contribution < 1.29 is 9.53 Å². The first kappa shape index (κ1) is 23.9. The zero-order chi connectivity index (χ0) is 24.9. The molecule has 6 heteroatoms. The van der Waals surface area contributed by atoms with Crippen LogP contribution in [0.1, 0.15) is 40.0 Å². The van der Waals surface area contributed by atoms with Gasteiger partial charge in [-0.2, -0.15) is 0 Å². The summed E-state index contributed by atoms with van der Waals surface area (Å²) in [6, 6.07) is 24.7. The number of rotatable bonds is 8. The third-order valence-corrected chi connectivity index (χ3v) is 6.73. The molecule has 0 saturated carbocycles. The molecule has 3 aromatic carbocycles. The fourth-order valence-electron chi connectivity index (χ4n) is 4.61. The smallest absolute Gasteiger partial charge is 0.189 e. The number of likely N-dealkylation sites (tertiary alicyclic amines) is 1. The average Bonchev–Trinajstić information content (AvgIpc) is 3.35. The maximum Gasteiger partial charge on any atom is 0.189 e. The maximum absolute atomic E-state index is 12.8. The van der Waals surface area contributed by atoms with Crippen LogP contribution in [0.2, 0.25) is 0 Å². The first-order valence-corrected chi connectivity index (χ1v) is 12.6. The van der Waals surface area contributed by atoms with Gasteiger partial charge in [0.25, 0.3) is 0 Å². The van der Waals surface area contributed by atoms with Crippen molar-refractivity contribution in [2.24, 2.45) is 0 Å². The number of nitrogens with zero attached hydrogens (tertiary/aromatic N) is 4. The van der Waals surface area contributed by atoms with Gasteiger partial charge in [-0.25, -0.2) is 4.68 Å². The number of aromatic nitrogens is 3. The van der Waals surface area contributed by atoms with Gasteiger partial charge in [0, 0.05) is 19.5 Å². The Morgan fingerprint density at radius 1 is 0.944 bits per heavy atom. The van der Waals surface area contributed by atoms with Gasteiger partial charge in [0.1, 0.15) is 17.5 Å². The fourth-order valence-corrected chi connectivity index (χ4v) is 4.61. The zero-order valence-electron chi connectivity index (χ0n) is 20.9. The van der Waals surface area contributed by atoms with Crippen molar-refractivity contribution in [1.29, 1.82) is 0 Å². The van der Waals surface area contributed by atoms with Gasteiger partial charge in [0.15, 0.2) is 5.78 Å². The van der Waals surface area contributed by atoms with Crippen molar-refractivity contribution in [3.63, 3.8) is 0 Å². The van der Waals surface area contributed by atoms with Crippen molar-refractivity contribution in [3.8, 4) is 16.9 Å². The molecule has 5 rings (SSSR count). The molecule has 1 aliphatic heterocycles. The molecule has 0 unspecified atom stereocenters. The second-order valence-corrected chi connectivity index (χ2v) is 9.73. The van der Waals surface area contributed by atoms with Gasteiger partial charge in [-0.3, -0.25) is 4.79 Å². The number of carbonyl (C=O) groups excluding carboxylic acids is 1. The van der Waals surface area contributed by atoms with Gasteiger partial charge < -0.3 is 9.64 Å². The highest BCUT2D eigenvalue weighted by molar-refractivity contribution is 5.95. The molecule has 36 heavy (non-hydrogen) atoms. The van der Waals surface area contributed by atoms with E-state index < -0.39 is 0 Å². The Labute approximate surface area is 212 Å². The second-order valence-electron chi connectivity index (χ2n) is 9.73. The van der Waals surface area contributed by atoms with Crippen LogP contribution < -0.4 is 4.74 Å². The van der Waals surface area contributed by atoms with E-state index in [1.54, 1.807) is 10.9 Å². The lowest BCUT2D eigenvalue weighted by atomic mass is 10.0. The van der Waals surface area contributed by atoms with Gasteiger partial charge in [0.05, 0.1) is 12.7 Å². The number of piperidine rings is 1. The number of hydrogen-bond donors (Lipinski definition) is 0. The highest BCUT2D eigenvalue weighted by Gasteiger charge is 2.18. The molecule has 0 bridgehead atoms. The number of benzene rings is 3. The molecule has 0 spiro atoms. The lowest BCUT2D eigenvalue weighted by molar-refractivity contribution is 0.0988. The standard InChI is InChI=1S/C30H32N4O2/c1-22-4-3-5-24(18-22)20-34-21-29(31-32-34)30(35)19-23-6-8-25(9-7-23)26-10-12-27(13-11-26)36-28-14-16-33(2)17-15-28/h3-13,18,21,28H,14-17,19-20H2,1-2H3. The highest BCUT2D eigenvalue weighted by atomic mass is 16.5. The monoisotopic (exact) mass is 480 g/mol. The summed E-state index contributed by atoms with van der Waals surface area (Å²) in [4.78, 5) is 15.1. The third kappa shape index (κ3) is 6.07. The molecule has 0 N–H and O–H groups in total. The molecular formula is C30H32N4O2. The van der Waals surface area contributed by atoms with E-state index in [-0.39, 0.29) is 5.78 Å². The summed E-state index contributed by atoms with van der Waals surface area (Å²) in [6.07, 6.45) is 4.47. The van der Waals surface area contributed by atoms with Crippen LogP contribution in [0.3, 0.4) is 0 Å². The molecule has 0 aliphatic carbocycles. The highest BCUT2D eigenvalue weighted by Crippen LogP contribution is 2.25. The maximum atomic E-state index is 12.8. The molecule has 1 aliphatic rings. The first-order valence-electron chi connectivity index (χ1n) is 12.6. The van der Waals surface area contributed by atoms with Crippen LogP contribution in [0.15, 0.2) is 79.0 Å². The van der Waals surface area contributed by atoms with E-state index in [0.717, 1.165) is 53.9 Å². The van der Waals surface area contributed by atoms with E-state index in [1.807, 2.05) is 36.4 Å². The van der Waals surface area contributed by atoms with Crippen molar-refractivity contribution >= 4 is 5.78 Å². The SMILES string of the molecule is Cc1cccc(Cn2cc(C(=O)Cc3ccc(-c4ccc(OC5CCN(C)CC5)cc4)cc3)nn2)c1. The Balaban J connectivity index is 1.16. The van der Waals surface area contributed by atoms with Gasteiger partial charge in [-0.05, 0) is 61.2 Å². The van der Waals surface area contributed by atoms with Crippen LogP contribution in [0, 0.1) is 6.92 Å². The minimum Gasteiger partial charge on any atom is -0.490 e. The Hall–Kier alpha value is -3.77. The largest absolute Gasteiger partial charge is 0.490 e. The van der Waals surface area contributed by atoms with Crippen LogP contribution in [-0.4, -0.2) is 51.9 Å². The molecule has 1 saturated heterocycles. The first-order chi connectivity index (χ1) is 17.5. The normalized spacial score (nSPS) is 14.6. The van der Waals surface area contributed by atoms with Crippen molar-refractivity contribution in [2.75, 3.05) is 20.1 Å². The van der Waals surface area contributed by atoms with Crippen molar-refractivity contribution in [2.45, 2.75) is 38.8 Å². The molecule has 0 radical (unpaired) electrons. The van der Waals surface area contributed by atoms with Crippen LogP contribution in [0.25, 0.3) is 11.1 Å². The summed E-state index contributed by atoms with van der Waals surface area (Å²) in [5, 5.41) is 8.24. The predicted molar refractivity (Wildman–Crippen MR) is 141 cm³/mol. The van der Waals surface area contributed by atoms with Gasteiger partial charge in [-0.1, -0.05) is 71.4 Å². The quantitative estimate of drug-likeness (QED) is 0.325. The fraction of sp³-hybridized carbons (Fsp3) is 0.300. The minimum atomic E-state index is -0.0337. The summed E-state index contributed by atoms with van der Waals surface area (Å²) in [5.74, 6) is 0.889. The van der Waals surface area contributed by atoms with Gasteiger partial charge >= 0.3 is 0 Å². The van der Waals surface area contributed by atoms with E-state index in [4.69, 9.17) is 4.74 Å². The van der Waals surface area contributed by atoms with Gasteiger partial charge in [-0.15, -0.1) is 5.10 Å². The van der Waals surface area contributed by atoms with E-state index in [9.17, 15) is 4.79 Å². The van der Waals surface area contributed by atoms with E-state index >= 15 is 0 Å². The molecule has 1 fully saturated rings. The van der Waals surface area contributed by atoms with Gasteiger partial charge in [0.2, 0.25) is 0 Å². The summed E-state index contributed by atoms with van der Waals surface area (Å²) >= 11 is 0. The van der Waals surface area contributed by atoms with Crippen LogP contribution in [0.5, 0.6) is 5.75 Å². The molecule has 0 amide bonds. The number of ketones is 1. The van der Waals surface area contributed by atoms with E-state index in [0.29, 0.717) is 24.8 Å². The minimum absolute atomic E-state index is 0.0337. The number of Topliss-reactive ketones (excluding diaryl/α,β-unsaturated/α-hetero) is 1. The number of ether oxygens (including phenoxy) is 1. The summed E-state index contributed by atoms with van der Waals surface area (Å²) in [7, 11) is 2.16. The summed E-state index contributed by atoms with van der Waals surface area (Å²) in [5.41, 5.74) is 5.93. The molecule has 184 valence electrons. The predicted octanol–water partition coefficient (Wildman–Crippen LogP) is 5.20. The molecule has 0 atom stereocenters. The Morgan fingerprint density at radius 2 is 1.64 bits per heavy atom. The van der Waals surface area contributed by atoms with E-state index in [1.165, 1.54) is 5.56 Å². The summed E-state index contributed by atoms with van der Waals surface area (Å²) < 4.78 is 7.88. The molecular weight excluding hydrogens is 448 g/mol. The molecule has 4 aromatic rings. The van der Waals surface area contributed by atoms with Crippen molar-refractivity contribution in [1.82, 2.24) is 19.9 Å². The Kier molecular flexibility index (Phi) is 7.23. The zero-order valence-corrected chi connectivity index (χ0v) is 20.9. The lowest BCUT2D eigenvalue weighted by Crippen LogP contribution is -2.35. The number of carbonyl (C=O) groups is 1. The van der Waals surface area contributed by atoms with Crippen LogP contribution >= 0.6 is 0 Å². The second kappa shape index (κ2) is 10.9. The van der Waals surface area contributed by atoms with E-state index in [2.05, 4.69) is 65.6 Å². The molecule has 6 nitrogen and oxygen atoms in total. The average molecular weight is 481 g/mol. The number of aryl methyl sites for hydroxylation is 1. The van der Waals surface area contributed by atoms with Crippen LogP contribution in [0.4, 0.5) is 0 Å².